The Morgan fingerprint density at radius 3 is 2.48 bits per heavy atom. The van der Waals surface area contributed by atoms with Gasteiger partial charge in [0.15, 0.2) is 0 Å². The minimum absolute atomic E-state index is 0.368. The molecule has 0 atom stereocenters. The van der Waals surface area contributed by atoms with Crippen LogP contribution < -0.4 is 10.1 Å². The minimum Gasteiger partial charge on any atom is -0.495 e. The summed E-state index contributed by atoms with van der Waals surface area (Å²) in [5, 5.41) is 3.65. The van der Waals surface area contributed by atoms with Gasteiger partial charge in [0.1, 0.15) is 5.75 Å². The smallest absolute Gasteiger partial charge is 0.340 e. The van der Waals surface area contributed by atoms with E-state index in [-0.39, 0.29) is 0 Å². The van der Waals surface area contributed by atoms with Gasteiger partial charge in [0.2, 0.25) is 0 Å². The van der Waals surface area contributed by atoms with Gasteiger partial charge >= 0.3 is 5.97 Å². The Labute approximate surface area is 128 Å². The monoisotopic (exact) mass is 305 g/mol. The van der Waals surface area contributed by atoms with Crippen molar-refractivity contribution in [1.82, 2.24) is 0 Å². The first-order chi connectivity index (χ1) is 10.0. The van der Waals surface area contributed by atoms with Crippen LogP contribution in [0.5, 0.6) is 5.75 Å². The number of hydrogen-bond donors (Lipinski definition) is 1. The number of ether oxygens (including phenoxy) is 2. The number of anilines is 2. The van der Waals surface area contributed by atoms with Crippen molar-refractivity contribution in [3.8, 4) is 5.75 Å². The second kappa shape index (κ2) is 6.50. The third-order valence-corrected chi connectivity index (χ3v) is 3.25. The molecule has 0 spiro atoms. The summed E-state index contributed by atoms with van der Waals surface area (Å²) in [6, 6.07) is 10.8. The summed E-state index contributed by atoms with van der Waals surface area (Å²) in [6.07, 6.45) is 0. The number of halogens is 1. The van der Waals surface area contributed by atoms with Gasteiger partial charge in [0.05, 0.1) is 31.2 Å². The van der Waals surface area contributed by atoms with Crippen molar-refractivity contribution < 1.29 is 14.3 Å². The van der Waals surface area contributed by atoms with E-state index in [4.69, 9.17) is 21.1 Å². The van der Waals surface area contributed by atoms with Crippen molar-refractivity contribution in [3.05, 3.63) is 52.5 Å². The number of nitrogens with one attached hydrogen (secondary N) is 1. The van der Waals surface area contributed by atoms with Gasteiger partial charge in [-0.3, -0.25) is 0 Å². The number of benzene rings is 2. The van der Waals surface area contributed by atoms with E-state index in [0.29, 0.717) is 22.0 Å². The van der Waals surface area contributed by atoms with Gasteiger partial charge in [-0.25, -0.2) is 4.79 Å². The molecule has 5 heteroatoms. The van der Waals surface area contributed by atoms with Gasteiger partial charge in [-0.2, -0.15) is 0 Å². The summed E-state index contributed by atoms with van der Waals surface area (Å²) >= 11 is 5.94. The number of aryl methyl sites for hydroxylation is 1. The third-order valence-electron chi connectivity index (χ3n) is 3.01. The maximum absolute atomic E-state index is 11.8. The van der Waals surface area contributed by atoms with Crippen molar-refractivity contribution in [2.24, 2.45) is 0 Å². The zero-order valence-corrected chi connectivity index (χ0v) is 12.8. The Balaban J connectivity index is 2.42. The normalized spacial score (nSPS) is 10.1. The van der Waals surface area contributed by atoms with Crippen molar-refractivity contribution in [1.29, 1.82) is 0 Å². The van der Waals surface area contributed by atoms with Crippen LogP contribution >= 0.6 is 11.6 Å². The van der Waals surface area contributed by atoms with Gasteiger partial charge in [0.25, 0.3) is 0 Å². The minimum atomic E-state index is -0.453. The first kappa shape index (κ1) is 15.2. The molecule has 0 amide bonds. The lowest BCUT2D eigenvalue weighted by atomic mass is 10.1. The topological polar surface area (TPSA) is 47.6 Å². The number of carbonyl (C=O) groups excluding carboxylic acids is 1. The van der Waals surface area contributed by atoms with Crippen LogP contribution in [0.2, 0.25) is 5.02 Å². The maximum Gasteiger partial charge on any atom is 0.340 e. The van der Waals surface area contributed by atoms with Crippen LogP contribution in [0, 0.1) is 6.92 Å². The standard InChI is InChI=1S/C16H16ClNO3/c1-10-4-6-14(15(8-10)20-2)18-13-7-5-11(17)9-12(13)16(19)21-3/h4-9,18H,1-3H3. The molecule has 0 saturated carbocycles. The van der Waals surface area contributed by atoms with E-state index in [1.807, 2.05) is 25.1 Å². The molecule has 21 heavy (non-hydrogen) atoms. The molecule has 0 bridgehead atoms. The van der Waals surface area contributed by atoms with Gasteiger partial charge in [-0.05, 0) is 42.8 Å². The van der Waals surface area contributed by atoms with E-state index >= 15 is 0 Å². The highest BCUT2D eigenvalue weighted by molar-refractivity contribution is 6.31. The fourth-order valence-corrected chi connectivity index (χ4v) is 2.12. The molecular weight excluding hydrogens is 290 g/mol. The molecule has 0 aliphatic carbocycles. The zero-order valence-electron chi connectivity index (χ0n) is 12.1. The first-order valence-electron chi connectivity index (χ1n) is 6.34. The van der Waals surface area contributed by atoms with E-state index in [2.05, 4.69) is 5.32 Å². The highest BCUT2D eigenvalue weighted by atomic mass is 35.5. The van der Waals surface area contributed by atoms with Crippen molar-refractivity contribution in [2.45, 2.75) is 6.92 Å². The molecule has 0 saturated heterocycles. The molecular formula is C16H16ClNO3. The Kier molecular flexibility index (Phi) is 4.70. The number of esters is 1. The largest absolute Gasteiger partial charge is 0.495 e. The van der Waals surface area contributed by atoms with E-state index in [1.165, 1.54) is 7.11 Å². The zero-order chi connectivity index (χ0) is 15.4. The predicted molar refractivity (Wildman–Crippen MR) is 83.8 cm³/mol. The lowest BCUT2D eigenvalue weighted by Gasteiger charge is -2.14. The summed E-state index contributed by atoms with van der Waals surface area (Å²) in [6.45, 7) is 1.98. The molecule has 1 N–H and O–H groups in total. The van der Waals surface area contributed by atoms with Crippen molar-refractivity contribution in [2.75, 3.05) is 19.5 Å². The highest BCUT2D eigenvalue weighted by Crippen LogP contribution is 2.31. The fraction of sp³-hybridized carbons (Fsp3) is 0.188. The lowest BCUT2D eigenvalue weighted by Crippen LogP contribution is -2.06. The summed E-state index contributed by atoms with van der Waals surface area (Å²) in [7, 11) is 2.93. The van der Waals surface area contributed by atoms with Crippen molar-refractivity contribution in [3.63, 3.8) is 0 Å². The van der Waals surface area contributed by atoms with Crippen LogP contribution in [-0.2, 0) is 4.74 Å². The van der Waals surface area contributed by atoms with Crippen LogP contribution in [0.4, 0.5) is 11.4 Å². The van der Waals surface area contributed by atoms with E-state index in [1.54, 1.807) is 25.3 Å². The van der Waals surface area contributed by atoms with E-state index < -0.39 is 5.97 Å². The van der Waals surface area contributed by atoms with E-state index in [9.17, 15) is 4.79 Å². The van der Waals surface area contributed by atoms with E-state index in [0.717, 1.165) is 11.3 Å². The molecule has 2 rings (SSSR count). The molecule has 0 aliphatic heterocycles. The van der Waals surface area contributed by atoms with Gasteiger partial charge < -0.3 is 14.8 Å². The fourth-order valence-electron chi connectivity index (χ4n) is 1.95. The average molecular weight is 306 g/mol. The Bertz CT molecular complexity index is 671. The molecule has 0 radical (unpaired) electrons. The average Bonchev–Trinajstić information content (AvgIpc) is 2.49. The molecule has 0 heterocycles. The quantitative estimate of drug-likeness (QED) is 0.861. The van der Waals surface area contributed by atoms with Crippen LogP contribution in [-0.4, -0.2) is 20.2 Å². The third kappa shape index (κ3) is 3.47. The molecule has 2 aromatic carbocycles. The number of methoxy groups -OCH3 is 2. The molecule has 2 aromatic rings. The van der Waals surface area contributed by atoms with Crippen LogP contribution in [0.25, 0.3) is 0 Å². The second-order valence-corrected chi connectivity index (χ2v) is 4.95. The summed E-state index contributed by atoms with van der Waals surface area (Å²) in [5.74, 6) is 0.242. The molecule has 0 aromatic heterocycles. The Morgan fingerprint density at radius 2 is 1.81 bits per heavy atom. The Morgan fingerprint density at radius 1 is 1.10 bits per heavy atom. The van der Waals surface area contributed by atoms with Crippen LogP contribution in [0.3, 0.4) is 0 Å². The maximum atomic E-state index is 11.8. The molecule has 0 unspecified atom stereocenters. The molecule has 4 nitrogen and oxygen atoms in total. The first-order valence-corrected chi connectivity index (χ1v) is 6.72. The van der Waals surface area contributed by atoms with Crippen LogP contribution in [0.15, 0.2) is 36.4 Å². The van der Waals surface area contributed by atoms with Crippen molar-refractivity contribution >= 4 is 28.9 Å². The number of rotatable bonds is 4. The molecule has 110 valence electrons. The second-order valence-electron chi connectivity index (χ2n) is 4.51. The predicted octanol–water partition coefficient (Wildman–Crippen LogP) is 4.19. The summed E-state index contributed by atoms with van der Waals surface area (Å²) in [5.41, 5.74) is 2.82. The van der Waals surface area contributed by atoms with Gasteiger partial charge in [-0.1, -0.05) is 17.7 Å². The number of hydrogen-bond acceptors (Lipinski definition) is 4. The van der Waals surface area contributed by atoms with Gasteiger partial charge in [-0.15, -0.1) is 0 Å². The highest BCUT2D eigenvalue weighted by Gasteiger charge is 2.14. The summed E-state index contributed by atoms with van der Waals surface area (Å²) in [4.78, 5) is 11.8. The lowest BCUT2D eigenvalue weighted by molar-refractivity contribution is 0.0602. The Hall–Kier alpha value is -2.20. The molecule has 0 fully saturated rings. The summed E-state index contributed by atoms with van der Waals surface area (Å²) < 4.78 is 10.1. The van der Waals surface area contributed by atoms with Crippen LogP contribution in [0.1, 0.15) is 15.9 Å². The molecule has 0 aliphatic rings. The number of carbonyl (C=O) groups is 1. The SMILES string of the molecule is COC(=O)c1cc(Cl)ccc1Nc1ccc(C)cc1OC. The van der Waals surface area contributed by atoms with Gasteiger partial charge in [0, 0.05) is 5.02 Å².